The molecule has 1 saturated carbocycles. The highest BCUT2D eigenvalue weighted by atomic mass is 16.5. The van der Waals surface area contributed by atoms with Gasteiger partial charge in [-0.25, -0.2) is 0 Å². The summed E-state index contributed by atoms with van der Waals surface area (Å²) < 4.78 is 5.38. The van der Waals surface area contributed by atoms with Gasteiger partial charge in [0.1, 0.15) is 5.75 Å². The molecule has 4 nitrogen and oxygen atoms in total. The van der Waals surface area contributed by atoms with E-state index in [0.717, 1.165) is 59.3 Å². The van der Waals surface area contributed by atoms with Crippen LogP contribution in [0.5, 0.6) is 5.75 Å². The number of amides is 1. The van der Waals surface area contributed by atoms with E-state index in [1.807, 2.05) is 48.5 Å². The molecule has 1 aliphatic carbocycles. The van der Waals surface area contributed by atoms with Gasteiger partial charge < -0.3 is 10.1 Å². The van der Waals surface area contributed by atoms with Crippen molar-refractivity contribution in [2.24, 2.45) is 0 Å². The molecule has 186 valence electrons. The van der Waals surface area contributed by atoms with E-state index < -0.39 is 5.91 Å². The van der Waals surface area contributed by atoms with E-state index in [2.05, 4.69) is 41.7 Å². The van der Waals surface area contributed by atoms with Gasteiger partial charge in [0.25, 0.3) is 5.91 Å². The normalized spacial score (nSPS) is 14.6. The molecule has 3 aromatic carbocycles. The lowest BCUT2D eigenvalue weighted by Crippen LogP contribution is -2.40. The second-order valence-electron chi connectivity index (χ2n) is 9.40. The topological polar surface area (TPSA) is 55.4 Å². The molecule has 0 bridgehead atoms. The molecule has 1 amide bonds. The minimum absolute atomic E-state index is 0.148. The van der Waals surface area contributed by atoms with Crippen LogP contribution in [0.15, 0.2) is 84.9 Å². The molecule has 1 N–H and O–H groups in total. The van der Waals surface area contributed by atoms with E-state index in [0.29, 0.717) is 12.8 Å². The molecule has 3 aromatic rings. The number of carbonyl (C=O) groups excluding carboxylic acids is 2. The Labute approximate surface area is 214 Å². The largest absolute Gasteiger partial charge is 0.497 e. The van der Waals surface area contributed by atoms with E-state index >= 15 is 0 Å². The predicted octanol–water partition coefficient (Wildman–Crippen LogP) is 6.84. The van der Waals surface area contributed by atoms with Crippen molar-refractivity contribution in [3.8, 4) is 5.75 Å². The van der Waals surface area contributed by atoms with Crippen molar-refractivity contribution in [3.05, 3.63) is 102 Å². The molecule has 0 aliphatic heterocycles. The molecule has 0 saturated heterocycles. The van der Waals surface area contributed by atoms with Crippen LogP contribution in [-0.4, -0.2) is 24.8 Å². The molecule has 0 spiro atoms. The molecule has 4 rings (SSSR count). The van der Waals surface area contributed by atoms with E-state index in [-0.39, 0.29) is 18.2 Å². The highest BCUT2D eigenvalue weighted by molar-refractivity contribution is 6.36. The maximum atomic E-state index is 12.7. The highest BCUT2D eigenvalue weighted by Crippen LogP contribution is 2.36. The van der Waals surface area contributed by atoms with Crippen LogP contribution in [0.25, 0.3) is 11.1 Å². The zero-order valence-electron chi connectivity index (χ0n) is 21.0. The quantitative estimate of drug-likeness (QED) is 0.255. The van der Waals surface area contributed by atoms with Crippen LogP contribution in [0.2, 0.25) is 0 Å². The molecule has 0 heterocycles. The molecule has 36 heavy (non-hydrogen) atoms. The van der Waals surface area contributed by atoms with Crippen LogP contribution in [0.4, 0.5) is 0 Å². The third kappa shape index (κ3) is 6.72. The first-order chi connectivity index (χ1) is 17.7. The summed E-state index contributed by atoms with van der Waals surface area (Å²) in [5, 5.41) is 2.96. The summed E-state index contributed by atoms with van der Waals surface area (Å²) in [5.74, 6) is 0.0614. The monoisotopic (exact) mass is 481 g/mol. The summed E-state index contributed by atoms with van der Waals surface area (Å²) in [5.41, 5.74) is 5.60. The van der Waals surface area contributed by atoms with Crippen molar-refractivity contribution in [2.45, 2.75) is 57.4 Å². The number of benzene rings is 3. The van der Waals surface area contributed by atoms with Gasteiger partial charge in [0.05, 0.1) is 7.11 Å². The van der Waals surface area contributed by atoms with E-state index in [9.17, 15) is 9.59 Å². The average Bonchev–Trinajstić information content (AvgIpc) is 2.94. The zero-order chi connectivity index (χ0) is 25.2. The number of hydrogen-bond donors (Lipinski definition) is 1. The van der Waals surface area contributed by atoms with Crippen LogP contribution in [0, 0.1) is 0 Å². The summed E-state index contributed by atoms with van der Waals surface area (Å²) in [6, 6.07) is 28.9. The van der Waals surface area contributed by atoms with Crippen LogP contribution < -0.4 is 10.1 Å². The summed E-state index contributed by atoms with van der Waals surface area (Å²) in [4.78, 5) is 25.2. The number of nitrogens with one attached hydrogen (secondary N) is 1. The van der Waals surface area contributed by atoms with Crippen LogP contribution >= 0.6 is 0 Å². The Kier molecular flexibility index (Phi) is 9.09. The fourth-order valence-corrected chi connectivity index (χ4v) is 4.98. The lowest BCUT2D eigenvalue weighted by atomic mass is 9.87. The number of allylic oxidation sites excluding steroid dienone is 1. The van der Waals surface area contributed by atoms with Crippen molar-refractivity contribution >= 4 is 22.8 Å². The van der Waals surface area contributed by atoms with Gasteiger partial charge >= 0.3 is 0 Å². The van der Waals surface area contributed by atoms with Crippen LogP contribution in [0.1, 0.15) is 68.1 Å². The maximum absolute atomic E-state index is 12.7. The lowest BCUT2D eigenvalue weighted by molar-refractivity contribution is -0.138. The third-order valence-corrected chi connectivity index (χ3v) is 6.89. The van der Waals surface area contributed by atoms with Gasteiger partial charge in [-0.05, 0) is 65.7 Å². The van der Waals surface area contributed by atoms with Gasteiger partial charge in [0.2, 0.25) is 5.78 Å². The molecular weight excluding hydrogens is 446 g/mol. The molecular formula is C32H35NO3. The molecule has 1 fully saturated rings. The Balaban J connectivity index is 1.60. The van der Waals surface area contributed by atoms with Gasteiger partial charge in [-0.2, -0.15) is 0 Å². The van der Waals surface area contributed by atoms with E-state index in [1.165, 1.54) is 6.42 Å². The first-order valence-electron chi connectivity index (χ1n) is 13.0. The van der Waals surface area contributed by atoms with Crippen molar-refractivity contribution in [1.82, 2.24) is 5.32 Å². The molecule has 0 radical (unpaired) electrons. The maximum Gasteiger partial charge on any atom is 0.287 e. The number of rotatable bonds is 10. The van der Waals surface area contributed by atoms with Crippen molar-refractivity contribution in [3.63, 3.8) is 0 Å². The first kappa shape index (κ1) is 25.4. The number of methoxy groups -OCH3 is 1. The van der Waals surface area contributed by atoms with Crippen LogP contribution in [0.3, 0.4) is 0 Å². The SMILES string of the molecule is COc1ccc(/C(=C(/CCCC(=O)C(=O)NC2CCCCC2)c2ccccc2)c2ccccc2)cc1. The fourth-order valence-electron chi connectivity index (χ4n) is 4.98. The fraction of sp³-hybridized carbons (Fsp3) is 0.312. The van der Waals surface area contributed by atoms with Crippen molar-refractivity contribution < 1.29 is 14.3 Å². The summed E-state index contributed by atoms with van der Waals surface area (Å²) in [6.07, 6.45) is 6.93. The summed E-state index contributed by atoms with van der Waals surface area (Å²) in [6.45, 7) is 0. The standard InChI is InChI=1S/C32H35NO3/c1-36-28-22-20-26(21-23-28)31(25-14-7-3-8-15-25)29(24-12-5-2-6-13-24)18-11-19-30(34)32(35)33-27-16-9-4-10-17-27/h2-3,5-8,12-15,20-23,27H,4,9-11,16-19H2,1H3,(H,33,35)/b31-29-. The van der Waals surface area contributed by atoms with E-state index in [1.54, 1.807) is 7.11 Å². The number of hydrogen-bond acceptors (Lipinski definition) is 3. The Morgan fingerprint density at radius 2 is 1.33 bits per heavy atom. The third-order valence-electron chi connectivity index (χ3n) is 6.89. The second-order valence-corrected chi connectivity index (χ2v) is 9.40. The van der Waals surface area contributed by atoms with Gasteiger partial charge in [0.15, 0.2) is 0 Å². The second kappa shape index (κ2) is 12.9. The number of Topliss-reactive ketones (excluding diaryl/α,β-unsaturated/α-hetero) is 1. The molecule has 0 atom stereocenters. The molecule has 0 unspecified atom stereocenters. The lowest BCUT2D eigenvalue weighted by Gasteiger charge is -2.22. The smallest absolute Gasteiger partial charge is 0.287 e. The van der Waals surface area contributed by atoms with Crippen molar-refractivity contribution in [2.75, 3.05) is 7.11 Å². The van der Waals surface area contributed by atoms with Crippen LogP contribution in [-0.2, 0) is 9.59 Å². The Bertz CT molecular complexity index is 1160. The van der Waals surface area contributed by atoms with Gasteiger partial charge in [0, 0.05) is 12.5 Å². The Hall–Kier alpha value is -3.66. The predicted molar refractivity (Wildman–Crippen MR) is 146 cm³/mol. The summed E-state index contributed by atoms with van der Waals surface area (Å²) in [7, 11) is 1.67. The molecule has 1 aliphatic rings. The van der Waals surface area contributed by atoms with E-state index in [4.69, 9.17) is 4.74 Å². The summed E-state index contributed by atoms with van der Waals surface area (Å²) >= 11 is 0. The van der Waals surface area contributed by atoms with Gasteiger partial charge in [-0.15, -0.1) is 0 Å². The highest BCUT2D eigenvalue weighted by Gasteiger charge is 2.21. The minimum Gasteiger partial charge on any atom is -0.497 e. The number of ketones is 1. The van der Waals surface area contributed by atoms with Crippen molar-refractivity contribution in [1.29, 1.82) is 0 Å². The number of ether oxygens (including phenoxy) is 1. The van der Waals surface area contributed by atoms with Gasteiger partial charge in [-0.3, -0.25) is 9.59 Å². The Morgan fingerprint density at radius 3 is 1.94 bits per heavy atom. The zero-order valence-corrected chi connectivity index (χ0v) is 21.0. The molecule has 4 heteroatoms. The minimum atomic E-state index is -0.425. The number of carbonyl (C=O) groups is 2. The average molecular weight is 482 g/mol. The first-order valence-corrected chi connectivity index (χ1v) is 13.0. The Morgan fingerprint density at radius 1 is 0.750 bits per heavy atom. The van der Waals surface area contributed by atoms with Gasteiger partial charge in [-0.1, -0.05) is 92.1 Å². The molecule has 0 aromatic heterocycles.